The Morgan fingerprint density at radius 2 is 1.86 bits per heavy atom. The minimum atomic E-state index is -0.882. The molecular weight excluding hydrogens is 290 g/mol. The van der Waals surface area contributed by atoms with Gasteiger partial charge < -0.3 is 5.11 Å². The lowest BCUT2D eigenvalue weighted by Crippen LogP contribution is -2.54. The number of hydrogen-bond acceptors (Lipinski definition) is 4. The van der Waals surface area contributed by atoms with Gasteiger partial charge in [-0.15, -0.1) is 5.10 Å². The Morgan fingerprint density at radius 3 is 2.38 bits per heavy atom. The molecule has 0 aromatic carbocycles. The van der Waals surface area contributed by atoms with Gasteiger partial charge >= 0.3 is 11.7 Å². The number of carboxylic acid groups (broad SMARTS) is 1. The first-order chi connectivity index (χ1) is 10.1. The van der Waals surface area contributed by atoms with Crippen LogP contribution < -0.4 is 5.69 Å². The first kappa shape index (κ1) is 13.4. The molecule has 7 heteroatoms. The maximum atomic E-state index is 12.3. The van der Waals surface area contributed by atoms with Crippen LogP contribution in [0, 0.1) is 17.8 Å². The topological polar surface area (TPSA) is 88.0 Å². The van der Waals surface area contributed by atoms with Crippen molar-refractivity contribution in [2.45, 2.75) is 49.2 Å². The number of carboxylic acids is 1. The van der Waals surface area contributed by atoms with E-state index in [4.69, 9.17) is 5.11 Å². The maximum Gasteiger partial charge on any atom is 0.344 e. The van der Waals surface area contributed by atoms with Crippen molar-refractivity contribution in [3.8, 4) is 0 Å². The summed E-state index contributed by atoms with van der Waals surface area (Å²) in [6.45, 7) is 0. The smallest absolute Gasteiger partial charge is 0.344 e. The van der Waals surface area contributed by atoms with E-state index >= 15 is 0 Å². The summed E-state index contributed by atoms with van der Waals surface area (Å²) in [6, 6.07) is 0. The number of nitrogens with zero attached hydrogens (tertiary/aromatic N) is 2. The van der Waals surface area contributed by atoms with Gasteiger partial charge in [-0.3, -0.25) is 9.36 Å². The van der Waals surface area contributed by atoms with Crippen molar-refractivity contribution in [2.24, 2.45) is 17.8 Å². The van der Waals surface area contributed by atoms with E-state index in [2.05, 4.69) is 10.2 Å². The Bertz CT molecular complexity index is 600. The van der Waals surface area contributed by atoms with Gasteiger partial charge in [0.15, 0.2) is 5.16 Å². The van der Waals surface area contributed by atoms with Crippen LogP contribution in [0.25, 0.3) is 0 Å². The normalized spacial score (nSPS) is 37.0. The molecule has 0 amide bonds. The average molecular weight is 309 g/mol. The Balaban J connectivity index is 1.71. The first-order valence-electron chi connectivity index (χ1n) is 7.58. The van der Waals surface area contributed by atoms with Gasteiger partial charge in [-0.25, -0.2) is 9.89 Å². The van der Waals surface area contributed by atoms with Crippen molar-refractivity contribution < 1.29 is 9.90 Å². The predicted octanol–water partition coefficient (Wildman–Crippen LogP) is 1.67. The van der Waals surface area contributed by atoms with Gasteiger partial charge in [-0.1, -0.05) is 11.8 Å². The van der Waals surface area contributed by atoms with Gasteiger partial charge in [-0.2, -0.15) is 0 Å². The number of hydrogen-bond donors (Lipinski definition) is 2. The summed E-state index contributed by atoms with van der Waals surface area (Å²) in [5.41, 5.74) is -0.288. The molecule has 21 heavy (non-hydrogen) atoms. The van der Waals surface area contributed by atoms with E-state index in [9.17, 15) is 9.59 Å². The van der Waals surface area contributed by atoms with Crippen LogP contribution in [0.2, 0.25) is 0 Å². The van der Waals surface area contributed by atoms with Crippen molar-refractivity contribution in [3.05, 3.63) is 10.5 Å². The molecule has 4 aliphatic rings. The Labute approximate surface area is 126 Å². The van der Waals surface area contributed by atoms with E-state index in [0.29, 0.717) is 5.16 Å². The molecule has 1 aromatic rings. The lowest BCUT2D eigenvalue weighted by Gasteiger charge is -2.56. The van der Waals surface area contributed by atoms with E-state index in [0.717, 1.165) is 48.8 Å². The quantitative estimate of drug-likeness (QED) is 0.826. The molecule has 0 radical (unpaired) electrons. The van der Waals surface area contributed by atoms with Crippen molar-refractivity contribution in [1.29, 1.82) is 0 Å². The molecule has 0 spiro atoms. The lowest BCUT2D eigenvalue weighted by molar-refractivity contribution is -0.133. The molecule has 0 unspecified atom stereocenters. The third-order valence-corrected chi connectivity index (χ3v) is 6.37. The van der Waals surface area contributed by atoms with Gasteiger partial charge in [0.1, 0.15) is 0 Å². The zero-order chi connectivity index (χ0) is 14.6. The Morgan fingerprint density at radius 1 is 1.29 bits per heavy atom. The van der Waals surface area contributed by atoms with Crippen molar-refractivity contribution in [3.63, 3.8) is 0 Å². The molecule has 114 valence electrons. The fourth-order valence-electron chi connectivity index (χ4n) is 5.26. The summed E-state index contributed by atoms with van der Waals surface area (Å²) in [6.07, 6.45) is 7.09. The van der Waals surface area contributed by atoms with Crippen molar-refractivity contribution in [2.75, 3.05) is 5.75 Å². The predicted molar refractivity (Wildman–Crippen MR) is 77.4 cm³/mol. The first-order valence-corrected chi connectivity index (χ1v) is 8.57. The standard InChI is InChI=1S/C14H19N3O3S/c18-11(19)7-21-13-16-15-12(20)17(13)14-4-8-1-9(5-14)3-10(2-8)6-14/h8-10H,1-7H2,(H,15,20)(H,18,19). The highest BCUT2D eigenvalue weighted by atomic mass is 32.2. The summed E-state index contributed by atoms with van der Waals surface area (Å²) in [7, 11) is 0. The molecule has 5 rings (SSSR count). The molecule has 4 fully saturated rings. The summed E-state index contributed by atoms with van der Waals surface area (Å²) < 4.78 is 1.80. The number of nitrogens with one attached hydrogen (secondary N) is 1. The molecule has 1 aromatic heterocycles. The number of aromatic nitrogens is 3. The van der Waals surface area contributed by atoms with E-state index in [-0.39, 0.29) is 17.0 Å². The number of rotatable bonds is 4. The van der Waals surface area contributed by atoms with Crippen LogP contribution in [0.5, 0.6) is 0 Å². The molecule has 4 saturated carbocycles. The largest absolute Gasteiger partial charge is 0.481 e. The minimum absolute atomic E-state index is 0.0589. The summed E-state index contributed by atoms with van der Waals surface area (Å²) >= 11 is 1.15. The number of aromatic amines is 1. The molecule has 6 nitrogen and oxygen atoms in total. The Kier molecular flexibility index (Phi) is 2.96. The molecule has 1 heterocycles. The van der Waals surface area contributed by atoms with Crippen LogP contribution in [0.4, 0.5) is 0 Å². The van der Waals surface area contributed by atoms with Crippen LogP contribution >= 0.6 is 11.8 Å². The van der Waals surface area contributed by atoms with Crippen molar-refractivity contribution >= 4 is 17.7 Å². The highest BCUT2D eigenvalue weighted by Crippen LogP contribution is 2.58. The third-order valence-electron chi connectivity index (χ3n) is 5.45. The molecule has 0 aliphatic heterocycles. The van der Waals surface area contributed by atoms with Gasteiger partial charge in [0.25, 0.3) is 0 Å². The molecule has 4 aliphatic carbocycles. The molecule has 4 bridgehead atoms. The second kappa shape index (κ2) is 4.63. The number of aliphatic carboxylic acids is 1. The highest BCUT2D eigenvalue weighted by molar-refractivity contribution is 7.99. The van der Waals surface area contributed by atoms with Gasteiger partial charge in [-0.05, 0) is 56.3 Å². The van der Waals surface area contributed by atoms with E-state index in [1.54, 1.807) is 4.57 Å². The lowest BCUT2D eigenvalue weighted by atomic mass is 9.53. The van der Waals surface area contributed by atoms with E-state index < -0.39 is 5.97 Å². The van der Waals surface area contributed by atoms with Crippen LogP contribution in [-0.2, 0) is 10.3 Å². The van der Waals surface area contributed by atoms with E-state index in [1.165, 1.54) is 19.3 Å². The number of thioether (sulfide) groups is 1. The minimum Gasteiger partial charge on any atom is -0.481 e. The fourth-order valence-corrected chi connectivity index (χ4v) is 6.03. The third kappa shape index (κ3) is 2.13. The van der Waals surface area contributed by atoms with Crippen LogP contribution in [-0.4, -0.2) is 31.6 Å². The molecule has 2 N–H and O–H groups in total. The average Bonchev–Trinajstić information content (AvgIpc) is 2.76. The summed E-state index contributed by atoms with van der Waals surface area (Å²) in [4.78, 5) is 23.1. The van der Waals surface area contributed by atoms with Gasteiger partial charge in [0.05, 0.1) is 11.3 Å². The van der Waals surface area contributed by atoms with Crippen LogP contribution in [0.15, 0.2) is 9.95 Å². The molecule has 0 atom stereocenters. The van der Waals surface area contributed by atoms with E-state index in [1.807, 2.05) is 0 Å². The number of carbonyl (C=O) groups is 1. The van der Waals surface area contributed by atoms with Crippen LogP contribution in [0.3, 0.4) is 0 Å². The second-order valence-corrected chi connectivity index (χ2v) is 7.91. The summed E-state index contributed by atoms with van der Waals surface area (Å²) in [5.74, 6) is 1.25. The second-order valence-electron chi connectivity index (χ2n) is 6.97. The monoisotopic (exact) mass is 309 g/mol. The highest BCUT2D eigenvalue weighted by Gasteiger charge is 2.53. The summed E-state index contributed by atoms with van der Waals surface area (Å²) in [5, 5.41) is 16.0. The zero-order valence-corrected chi connectivity index (χ0v) is 12.6. The van der Waals surface area contributed by atoms with Gasteiger partial charge in [0, 0.05) is 0 Å². The van der Waals surface area contributed by atoms with Crippen LogP contribution in [0.1, 0.15) is 38.5 Å². The van der Waals surface area contributed by atoms with Crippen molar-refractivity contribution in [1.82, 2.24) is 14.8 Å². The number of H-pyrrole nitrogens is 1. The maximum absolute atomic E-state index is 12.3. The van der Waals surface area contributed by atoms with Gasteiger partial charge in [0.2, 0.25) is 0 Å². The zero-order valence-electron chi connectivity index (χ0n) is 11.7. The Hall–Kier alpha value is -1.24. The fraction of sp³-hybridized carbons (Fsp3) is 0.786. The molecular formula is C14H19N3O3S. The SMILES string of the molecule is O=C(O)CSc1n[nH]c(=O)n1C12CC3CC(CC(C3)C1)C2. The molecule has 0 saturated heterocycles.